The summed E-state index contributed by atoms with van der Waals surface area (Å²) in [4.78, 5) is 68.9. The number of likely N-dealkylation sites (tertiary alicyclic amines) is 1. The van der Waals surface area contributed by atoms with Gasteiger partial charge in [-0.3, -0.25) is 19.2 Å². The van der Waals surface area contributed by atoms with Gasteiger partial charge < -0.3 is 26.2 Å². The number of hydrogen-bond donors (Lipinski definition) is 4. The zero-order chi connectivity index (χ0) is 33.6. The molecule has 0 aromatic rings. The van der Waals surface area contributed by atoms with Crippen molar-refractivity contribution >= 4 is 52.7 Å². The molecule has 0 aromatic carbocycles. The summed E-state index contributed by atoms with van der Waals surface area (Å²) in [6.45, 7) is 13.3. The summed E-state index contributed by atoms with van der Waals surface area (Å²) in [5.41, 5.74) is -0.918. The number of carbonyl (C=O) groups is 5. The number of ketones is 1. The number of Topliss-reactive ketones (excluding diaryl/α,β-unsaturated/α-hetero) is 1. The molecular formula is C34H49Cl2N5O5. The lowest BCUT2D eigenvalue weighted by atomic mass is 9.53. The van der Waals surface area contributed by atoms with Gasteiger partial charge in [0, 0.05) is 30.5 Å². The average Bonchev–Trinajstić information content (AvgIpc) is 3.27. The van der Waals surface area contributed by atoms with Gasteiger partial charge in [0.15, 0.2) is 0 Å². The van der Waals surface area contributed by atoms with Crippen LogP contribution in [-0.2, 0) is 19.2 Å². The van der Waals surface area contributed by atoms with Gasteiger partial charge in [-0.1, -0.05) is 32.9 Å². The number of halogens is 2. The van der Waals surface area contributed by atoms with Crippen molar-refractivity contribution in [1.82, 2.24) is 26.2 Å². The van der Waals surface area contributed by atoms with Gasteiger partial charge in [0.25, 0.3) is 5.91 Å². The Morgan fingerprint density at radius 2 is 1.52 bits per heavy atom. The highest BCUT2D eigenvalue weighted by Gasteiger charge is 2.74. The van der Waals surface area contributed by atoms with Crippen LogP contribution in [-0.4, -0.2) is 75.5 Å². The first-order valence-corrected chi connectivity index (χ1v) is 17.5. The fraction of sp³-hybridized carbons (Fsp3) is 0.735. The molecule has 12 heteroatoms. The lowest BCUT2D eigenvalue weighted by Crippen LogP contribution is -2.65. The summed E-state index contributed by atoms with van der Waals surface area (Å²) in [6.07, 6.45) is 10.9. The normalized spacial score (nSPS) is 32.8. The maximum Gasteiger partial charge on any atom is 0.315 e. The number of rotatable bonds is 13. The molecule has 46 heavy (non-hydrogen) atoms. The molecule has 0 radical (unpaired) electrons. The molecule has 1 saturated heterocycles. The molecule has 6 aliphatic rings. The molecule has 10 nitrogen and oxygen atoms in total. The Morgan fingerprint density at radius 1 is 0.935 bits per heavy atom. The van der Waals surface area contributed by atoms with E-state index in [9.17, 15) is 24.0 Å². The Kier molecular flexibility index (Phi) is 9.92. The van der Waals surface area contributed by atoms with Crippen LogP contribution in [0.3, 0.4) is 0 Å². The van der Waals surface area contributed by atoms with Crippen molar-refractivity contribution in [2.24, 2.45) is 35.0 Å². The molecule has 0 spiro atoms. The van der Waals surface area contributed by atoms with Gasteiger partial charge in [0.05, 0.1) is 6.04 Å². The number of piperidine rings is 1. The van der Waals surface area contributed by atoms with E-state index in [0.29, 0.717) is 30.6 Å². The van der Waals surface area contributed by atoms with Gasteiger partial charge >= 0.3 is 6.03 Å². The second-order valence-electron chi connectivity index (χ2n) is 15.5. The Balaban J connectivity index is 1.30. The largest absolute Gasteiger partial charge is 0.349 e. The third kappa shape index (κ3) is 6.98. The number of amides is 5. The van der Waals surface area contributed by atoms with Crippen LogP contribution in [0.2, 0.25) is 0 Å². The molecule has 1 aliphatic heterocycles. The number of nitrogens with zero attached hydrogens (tertiary/aromatic N) is 1. The molecule has 0 aromatic heterocycles. The Morgan fingerprint density at radius 3 is 2.07 bits per heavy atom. The van der Waals surface area contributed by atoms with Crippen LogP contribution in [0.4, 0.5) is 4.79 Å². The molecule has 254 valence electrons. The minimum absolute atomic E-state index is 0.132. The van der Waals surface area contributed by atoms with Crippen LogP contribution in [0, 0.1) is 35.0 Å². The summed E-state index contributed by atoms with van der Waals surface area (Å²) < 4.78 is -1.21. The van der Waals surface area contributed by atoms with Gasteiger partial charge in [-0.2, -0.15) is 0 Å². The molecule has 5 atom stereocenters. The van der Waals surface area contributed by atoms with Crippen molar-refractivity contribution in [3.8, 4) is 0 Å². The minimum atomic E-state index is -1.21. The maximum absolute atomic E-state index is 14.3. The zero-order valence-electron chi connectivity index (χ0n) is 27.2. The SMILES string of the molecule is C=CCCNC(=O)C(=O)C(CCC=C)NC(=O)[C@@H]1[C@H]2[C@@H](CN1C(=O)C(NC(=O)NC13CC4CC(CC(C4)C1)C3)C(C)(C)C)C2(Cl)Cl. The van der Waals surface area contributed by atoms with Crippen LogP contribution in [0.1, 0.15) is 78.6 Å². The molecule has 4 bridgehead atoms. The summed E-state index contributed by atoms with van der Waals surface area (Å²) in [5, 5.41) is 11.5. The predicted molar refractivity (Wildman–Crippen MR) is 177 cm³/mol. The third-order valence-corrected chi connectivity index (χ3v) is 11.9. The molecule has 6 rings (SSSR count). The first-order valence-electron chi connectivity index (χ1n) is 16.7. The van der Waals surface area contributed by atoms with Gasteiger partial charge in [0.1, 0.15) is 16.4 Å². The number of carbonyl (C=O) groups excluding carboxylic acids is 5. The van der Waals surface area contributed by atoms with E-state index in [0.717, 1.165) is 19.3 Å². The second kappa shape index (κ2) is 13.1. The molecule has 6 fully saturated rings. The van der Waals surface area contributed by atoms with E-state index in [2.05, 4.69) is 34.4 Å². The zero-order valence-corrected chi connectivity index (χ0v) is 28.7. The number of alkyl halides is 2. The topological polar surface area (TPSA) is 137 Å². The van der Waals surface area contributed by atoms with Crippen molar-refractivity contribution in [2.45, 2.75) is 107 Å². The first kappa shape index (κ1) is 34.7. The fourth-order valence-electron chi connectivity index (χ4n) is 8.96. The molecule has 4 N–H and O–H groups in total. The molecule has 5 saturated carbocycles. The Bertz CT molecular complexity index is 1240. The number of fused-ring (bicyclic) bond motifs is 1. The fourth-order valence-corrected chi connectivity index (χ4v) is 9.79. The highest BCUT2D eigenvalue weighted by Crippen LogP contribution is 2.65. The molecule has 1 heterocycles. The summed E-state index contributed by atoms with van der Waals surface area (Å²) in [7, 11) is 0. The number of urea groups is 1. The quantitative estimate of drug-likeness (QED) is 0.101. The van der Waals surface area contributed by atoms with E-state index in [-0.39, 0.29) is 37.0 Å². The van der Waals surface area contributed by atoms with Crippen molar-refractivity contribution < 1.29 is 24.0 Å². The van der Waals surface area contributed by atoms with Crippen LogP contribution in [0.5, 0.6) is 0 Å². The van der Waals surface area contributed by atoms with Crippen LogP contribution < -0.4 is 21.3 Å². The van der Waals surface area contributed by atoms with Gasteiger partial charge in [-0.15, -0.1) is 36.4 Å². The highest BCUT2D eigenvalue weighted by molar-refractivity contribution is 6.51. The number of hydrogen-bond acceptors (Lipinski definition) is 5. The van der Waals surface area contributed by atoms with E-state index in [1.807, 2.05) is 20.8 Å². The molecule has 5 aliphatic carbocycles. The molecular weight excluding hydrogens is 629 g/mol. The highest BCUT2D eigenvalue weighted by atomic mass is 35.5. The van der Waals surface area contributed by atoms with Crippen molar-refractivity contribution in [3.05, 3.63) is 25.3 Å². The average molecular weight is 679 g/mol. The summed E-state index contributed by atoms with van der Waals surface area (Å²) in [5.74, 6) is -1.60. The first-order chi connectivity index (χ1) is 21.6. The lowest BCUT2D eigenvalue weighted by molar-refractivity contribution is -0.144. The van der Waals surface area contributed by atoms with Crippen molar-refractivity contribution in [1.29, 1.82) is 0 Å². The van der Waals surface area contributed by atoms with E-state index in [4.69, 9.17) is 23.2 Å². The smallest absolute Gasteiger partial charge is 0.315 e. The standard InChI is InChI=1S/C34H49Cl2N5O5/c1-6-8-10-23(26(42)29(44)37-11-9-7-2)38-28(43)25-24-22(34(24,35)36)18-41(25)30(45)27(32(3,4)5)39-31(46)40-33-15-19-12-20(16-33)14-21(13-19)17-33/h6-7,19-25,27H,1-2,8-18H2,3-5H3,(H,37,44)(H,38,43)(H2,39,40,46)/t19?,20?,21?,22-,23?,24-,25+,27?,33?/m1/s1. The Hall–Kier alpha value is -2.59. The number of nitrogens with one attached hydrogen (secondary N) is 4. The van der Waals surface area contributed by atoms with Gasteiger partial charge in [-0.25, -0.2) is 4.79 Å². The van der Waals surface area contributed by atoms with E-state index in [1.165, 1.54) is 24.2 Å². The van der Waals surface area contributed by atoms with Crippen LogP contribution in [0.15, 0.2) is 25.3 Å². The minimum Gasteiger partial charge on any atom is -0.349 e. The second-order valence-corrected chi connectivity index (χ2v) is 16.9. The van der Waals surface area contributed by atoms with Gasteiger partial charge in [-0.05, 0) is 81.0 Å². The Labute approximate surface area is 282 Å². The van der Waals surface area contributed by atoms with E-state index >= 15 is 0 Å². The molecule has 5 amide bonds. The predicted octanol–water partition coefficient (Wildman–Crippen LogP) is 4.01. The van der Waals surface area contributed by atoms with E-state index in [1.54, 1.807) is 12.2 Å². The lowest BCUT2D eigenvalue weighted by Gasteiger charge is -2.56. The monoisotopic (exact) mass is 677 g/mol. The van der Waals surface area contributed by atoms with Crippen molar-refractivity contribution in [3.63, 3.8) is 0 Å². The summed E-state index contributed by atoms with van der Waals surface area (Å²) >= 11 is 13.1. The third-order valence-electron chi connectivity index (χ3n) is 10.8. The van der Waals surface area contributed by atoms with E-state index < -0.39 is 57.3 Å². The number of allylic oxidation sites excluding steroid dienone is 1. The molecule has 2 unspecified atom stereocenters. The van der Waals surface area contributed by atoms with Gasteiger partial charge in [0.2, 0.25) is 17.6 Å². The van der Waals surface area contributed by atoms with Crippen LogP contribution in [0.25, 0.3) is 0 Å². The summed E-state index contributed by atoms with van der Waals surface area (Å²) in [6, 6.07) is -3.52. The van der Waals surface area contributed by atoms with Crippen molar-refractivity contribution in [2.75, 3.05) is 13.1 Å². The van der Waals surface area contributed by atoms with Crippen LogP contribution >= 0.6 is 23.2 Å². The maximum atomic E-state index is 14.3.